The third kappa shape index (κ3) is 2.06. The predicted molar refractivity (Wildman–Crippen MR) is 70.0 cm³/mol. The first-order valence-electron chi connectivity index (χ1n) is 5.83. The molecule has 19 heavy (non-hydrogen) atoms. The average Bonchev–Trinajstić information content (AvgIpc) is 2.83. The lowest BCUT2D eigenvalue weighted by Gasteiger charge is -2.04. The van der Waals surface area contributed by atoms with Crippen LogP contribution in [-0.4, -0.2) is 25.6 Å². The van der Waals surface area contributed by atoms with Gasteiger partial charge in [0.25, 0.3) is 0 Å². The predicted octanol–water partition coefficient (Wildman–Crippen LogP) is 2.18. The number of aromatic nitrogens is 3. The highest BCUT2D eigenvalue weighted by Crippen LogP contribution is 2.20. The molecule has 0 radical (unpaired) electrons. The Morgan fingerprint density at radius 1 is 1.16 bits per heavy atom. The second-order valence-electron chi connectivity index (χ2n) is 4.15. The molecule has 5 heteroatoms. The van der Waals surface area contributed by atoms with Gasteiger partial charge >= 0.3 is 5.97 Å². The molecule has 5 nitrogen and oxygen atoms in total. The van der Waals surface area contributed by atoms with Crippen molar-refractivity contribution in [1.82, 2.24) is 14.5 Å². The fourth-order valence-electron chi connectivity index (χ4n) is 2.11. The molecule has 0 aliphatic rings. The first kappa shape index (κ1) is 11.4. The van der Waals surface area contributed by atoms with Crippen molar-refractivity contribution in [3.63, 3.8) is 0 Å². The lowest BCUT2D eigenvalue weighted by atomic mass is 10.1. The smallest absolute Gasteiger partial charge is 0.336 e. The highest BCUT2D eigenvalue weighted by Gasteiger charge is 2.11. The van der Waals surface area contributed by atoms with E-state index in [4.69, 9.17) is 5.11 Å². The van der Waals surface area contributed by atoms with Crippen molar-refractivity contribution in [2.24, 2.45) is 0 Å². The Labute approximate surface area is 109 Å². The van der Waals surface area contributed by atoms with Crippen LogP contribution in [0.3, 0.4) is 0 Å². The van der Waals surface area contributed by atoms with Gasteiger partial charge in [-0.3, -0.25) is 0 Å². The highest BCUT2D eigenvalue weighted by molar-refractivity contribution is 6.02. The zero-order valence-corrected chi connectivity index (χ0v) is 10.0. The van der Waals surface area contributed by atoms with Crippen LogP contribution in [0.2, 0.25) is 0 Å². The van der Waals surface area contributed by atoms with Crippen molar-refractivity contribution in [3.05, 3.63) is 60.3 Å². The summed E-state index contributed by atoms with van der Waals surface area (Å²) in [5, 5.41) is 9.88. The van der Waals surface area contributed by atoms with Gasteiger partial charge in [-0.05, 0) is 24.3 Å². The number of carbonyl (C=O) groups is 1. The third-order valence-electron chi connectivity index (χ3n) is 2.98. The maximum absolute atomic E-state index is 11.1. The van der Waals surface area contributed by atoms with E-state index in [0.717, 1.165) is 10.9 Å². The maximum Gasteiger partial charge on any atom is 0.336 e. The van der Waals surface area contributed by atoms with Crippen LogP contribution >= 0.6 is 0 Å². The van der Waals surface area contributed by atoms with Crippen LogP contribution < -0.4 is 0 Å². The van der Waals surface area contributed by atoms with Gasteiger partial charge in [0.15, 0.2) is 0 Å². The SMILES string of the molecule is O=C(O)c1cccc2c1ccn2Cc1ncccn1. The summed E-state index contributed by atoms with van der Waals surface area (Å²) in [5.41, 5.74) is 1.18. The second-order valence-corrected chi connectivity index (χ2v) is 4.15. The van der Waals surface area contributed by atoms with Crippen molar-refractivity contribution in [2.75, 3.05) is 0 Å². The summed E-state index contributed by atoms with van der Waals surface area (Å²) in [4.78, 5) is 19.5. The molecule has 0 fully saturated rings. The molecule has 0 unspecified atom stereocenters. The van der Waals surface area contributed by atoms with Gasteiger partial charge in [0.05, 0.1) is 12.1 Å². The van der Waals surface area contributed by atoms with Gasteiger partial charge in [-0.2, -0.15) is 0 Å². The quantitative estimate of drug-likeness (QED) is 0.776. The summed E-state index contributed by atoms with van der Waals surface area (Å²) in [7, 11) is 0. The van der Waals surface area contributed by atoms with Crippen LogP contribution in [-0.2, 0) is 6.54 Å². The summed E-state index contributed by atoms with van der Waals surface area (Å²) in [6.45, 7) is 0.521. The van der Waals surface area contributed by atoms with Crippen LogP contribution in [0.5, 0.6) is 0 Å². The molecule has 3 aromatic rings. The number of hydrogen-bond acceptors (Lipinski definition) is 3. The molecule has 0 aliphatic heterocycles. The molecule has 0 saturated heterocycles. The van der Waals surface area contributed by atoms with E-state index in [0.29, 0.717) is 17.9 Å². The molecule has 0 atom stereocenters. The summed E-state index contributed by atoms with van der Waals surface area (Å²) in [6, 6.07) is 8.81. The van der Waals surface area contributed by atoms with E-state index in [-0.39, 0.29) is 0 Å². The fourth-order valence-corrected chi connectivity index (χ4v) is 2.11. The Balaban J connectivity index is 2.07. The minimum atomic E-state index is -0.917. The van der Waals surface area contributed by atoms with Gasteiger partial charge in [0.1, 0.15) is 5.82 Å². The highest BCUT2D eigenvalue weighted by atomic mass is 16.4. The lowest BCUT2D eigenvalue weighted by Crippen LogP contribution is -2.03. The molecule has 2 heterocycles. The Morgan fingerprint density at radius 2 is 1.95 bits per heavy atom. The van der Waals surface area contributed by atoms with Crippen LogP contribution in [0.1, 0.15) is 16.2 Å². The summed E-state index contributed by atoms with van der Waals surface area (Å²) in [5.74, 6) is -0.222. The molecular formula is C14H11N3O2. The lowest BCUT2D eigenvalue weighted by molar-refractivity contribution is 0.0699. The first-order valence-corrected chi connectivity index (χ1v) is 5.83. The number of carboxylic acids is 1. The van der Waals surface area contributed by atoms with E-state index in [1.165, 1.54) is 0 Å². The molecule has 0 spiro atoms. The number of rotatable bonds is 3. The van der Waals surface area contributed by atoms with Crippen LogP contribution in [0.4, 0.5) is 0 Å². The monoisotopic (exact) mass is 253 g/mol. The number of aromatic carboxylic acids is 1. The van der Waals surface area contributed by atoms with Gasteiger partial charge in [-0.15, -0.1) is 0 Å². The second kappa shape index (κ2) is 4.53. The molecule has 3 rings (SSSR count). The molecular weight excluding hydrogens is 242 g/mol. The fraction of sp³-hybridized carbons (Fsp3) is 0.0714. The number of benzene rings is 1. The number of carboxylic acid groups (broad SMARTS) is 1. The zero-order valence-electron chi connectivity index (χ0n) is 10.0. The Kier molecular flexibility index (Phi) is 2.72. The van der Waals surface area contributed by atoms with Crippen molar-refractivity contribution in [3.8, 4) is 0 Å². The van der Waals surface area contributed by atoms with Crippen LogP contribution in [0, 0.1) is 0 Å². The van der Waals surface area contributed by atoms with E-state index in [1.807, 2.05) is 22.9 Å². The standard InChI is InChI=1S/C14H11N3O2/c18-14(19)11-3-1-4-12-10(11)5-8-17(12)9-13-15-6-2-7-16-13/h1-8H,9H2,(H,18,19). The van der Waals surface area contributed by atoms with Crippen molar-refractivity contribution in [1.29, 1.82) is 0 Å². The van der Waals surface area contributed by atoms with Gasteiger partial charge in [-0.1, -0.05) is 6.07 Å². The third-order valence-corrected chi connectivity index (χ3v) is 2.98. The van der Waals surface area contributed by atoms with Crippen LogP contribution in [0.15, 0.2) is 48.9 Å². The van der Waals surface area contributed by atoms with Crippen LogP contribution in [0.25, 0.3) is 10.9 Å². The minimum absolute atomic E-state index is 0.310. The average molecular weight is 253 g/mol. The van der Waals surface area contributed by atoms with E-state index >= 15 is 0 Å². The van der Waals surface area contributed by atoms with E-state index < -0.39 is 5.97 Å². The number of fused-ring (bicyclic) bond motifs is 1. The zero-order chi connectivity index (χ0) is 13.2. The van der Waals surface area contributed by atoms with Gasteiger partial charge in [0, 0.05) is 29.5 Å². The van der Waals surface area contributed by atoms with Gasteiger partial charge in [-0.25, -0.2) is 14.8 Å². The normalized spacial score (nSPS) is 10.7. The Bertz CT molecular complexity index is 735. The summed E-state index contributed by atoms with van der Waals surface area (Å²) >= 11 is 0. The molecule has 1 aromatic carbocycles. The first-order chi connectivity index (χ1) is 9.25. The van der Waals surface area contributed by atoms with Gasteiger partial charge < -0.3 is 9.67 Å². The van der Waals surface area contributed by atoms with E-state index in [9.17, 15) is 4.79 Å². The molecule has 0 aliphatic carbocycles. The van der Waals surface area contributed by atoms with E-state index in [2.05, 4.69) is 9.97 Å². The molecule has 2 aromatic heterocycles. The molecule has 0 amide bonds. The number of hydrogen-bond donors (Lipinski definition) is 1. The number of nitrogens with zero attached hydrogens (tertiary/aromatic N) is 3. The van der Waals surface area contributed by atoms with Crippen molar-refractivity contribution in [2.45, 2.75) is 6.54 Å². The summed E-state index contributed by atoms with van der Waals surface area (Å²) in [6.07, 6.45) is 5.24. The minimum Gasteiger partial charge on any atom is -0.478 e. The van der Waals surface area contributed by atoms with Gasteiger partial charge in [0.2, 0.25) is 0 Å². The molecule has 0 bridgehead atoms. The molecule has 0 saturated carbocycles. The Morgan fingerprint density at radius 3 is 2.68 bits per heavy atom. The van der Waals surface area contributed by atoms with Crippen molar-refractivity contribution >= 4 is 16.9 Å². The van der Waals surface area contributed by atoms with E-state index in [1.54, 1.807) is 30.6 Å². The van der Waals surface area contributed by atoms with Crippen molar-refractivity contribution < 1.29 is 9.90 Å². The molecule has 1 N–H and O–H groups in total. The largest absolute Gasteiger partial charge is 0.478 e. The topological polar surface area (TPSA) is 68.0 Å². The molecule has 94 valence electrons. The Hall–Kier alpha value is -2.69. The maximum atomic E-state index is 11.1. The summed E-state index contributed by atoms with van der Waals surface area (Å²) < 4.78 is 1.94.